The topological polar surface area (TPSA) is 18.5 Å². The van der Waals surface area contributed by atoms with Crippen LogP contribution in [0.2, 0.25) is 0 Å². The van der Waals surface area contributed by atoms with E-state index in [9.17, 15) is 0 Å². The normalized spacial score (nSPS) is 24.6. The van der Waals surface area contributed by atoms with Crippen LogP contribution in [0.4, 0.5) is 0 Å². The maximum absolute atomic E-state index is 6.17. The lowest BCUT2D eigenvalue weighted by atomic mass is 9.62. The number of alkyl halides is 1. The van der Waals surface area contributed by atoms with E-state index in [4.69, 9.17) is 9.47 Å². The predicted molar refractivity (Wildman–Crippen MR) is 82.4 cm³/mol. The zero-order chi connectivity index (χ0) is 13.9. The van der Waals surface area contributed by atoms with Crippen LogP contribution in [0, 0.1) is 5.41 Å². The number of hydrogen-bond donors (Lipinski definition) is 0. The molecule has 1 saturated carbocycles. The summed E-state index contributed by atoms with van der Waals surface area (Å²) in [5.41, 5.74) is 0.290. The average molecular weight is 327 g/mol. The predicted octanol–water partition coefficient (Wildman–Crippen LogP) is 4.81. The Balaban J connectivity index is 2.01. The molecular formula is C16H23BrO2. The van der Waals surface area contributed by atoms with Gasteiger partial charge in [-0.15, -0.1) is 0 Å². The van der Waals surface area contributed by atoms with Gasteiger partial charge >= 0.3 is 0 Å². The molecule has 2 rings (SSSR count). The molecule has 2 nitrogen and oxygen atoms in total. The Morgan fingerprint density at radius 1 is 1.11 bits per heavy atom. The Bertz CT molecular complexity index is 398. The molecule has 0 saturated heterocycles. The van der Waals surface area contributed by atoms with Crippen molar-refractivity contribution in [2.45, 2.75) is 51.0 Å². The van der Waals surface area contributed by atoms with Crippen LogP contribution in [-0.2, 0) is 0 Å². The lowest BCUT2D eigenvalue weighted by Gasteiger charge is -2.52. The SMILES string of the molecule is CCOc1ccc(OC2CC(Br)C2(CC)CC)cc1. The number of benzene rings is 1. The van der Waals surface area contributed by atoms with Gasteiger partial charge in [-0.25, -0.2) is 0 Å². The van der Waals surface area contributed by atoms with Crippen molar-refractivity contribution in [3.05, 3.63) is 24.3 Å². The Labute approximate surface area is 124 Å². The molecule has 0 aromatic heterocycles. The van der Waals surface area contributed by atoms with Gasteiger partial charge in [-0.05, 0) is 50.5 Å². The Morgan fingerprint density at radius 3 is 2.16 bits per heavy atom. The second-order valence-corrected chi connectivity index (χ2v) is 6.26. The van der Waals surface area contributed by atoms with Crippen LogP contribution in [-0.4, -0.2) is 17.5 Å². The van der Waals surface area contributed by atoms with Crippen molar-refractivity contribution in [2.24, 2.45) is 5.41 Å². The van der Waals surface area contributed by atoms with Gasteiger partial charge in [0.2, 0.25) is 0 Å². The van der Waals surface area contributed by atoms with Gasteiger partial charge in [0.05, 0.1) is 6.61 Å². The molecule has 1 aromatic carbocycles. The van der Waals surface area contributed by atoms with E-state index in [0.717, 1.165) is 30.8 Å². The molecule has 106 valence electrons. The highest BCUT2D eigenvalue weighted by Crippen LogP contribution is 2.52. The van der Waals surface area contributed by atoms with E-state index in [1.54, 1.807) is 0 Å². The highest BCUT2D eigenvalue weighted by molar-refractivity contribution is 9.09. The summed E-state index contributed by atoms with van der Waals surface area (Å²) >= 11 is 3.79. The van der Waals surface area contributed by atoms with Crippen LogP contribution < -0.4 is 9.47 Å². The third-order valence-corrected chi connectivity index (χ3v) is 5.70. The fourth-order valence-electron chi connectivity index (χ4n) is 2.96. The smallest absolute Gasteiger partial charge is 0.120 e. The lowest BCUT2D eigenvalue weighted by molar-refractivity contribution is -0.0411. The van der Waals surface area contributed by atoms with Gasteiger partial charge in [-0.3, -0.25) is 0 Å². The molecule has 1 aromatic rings. The summed E-state index contributed by atoms with van der Waals surface area (Å²) in [4.78, 5) is 0.586. The molecule has 0 bridgehead atoms. The summed E-state index contributed by atoms with van der Waals surface area (Å²) in [6.45, 7) is 7.20. The number of rotatable bonds is 6. The van der Waals surface area contributed by atoms with Crippen LogP contribution in [0.15, 0.2) is 24.3 Å². The average Bonchev–Trinajstić information content (AvgIpc) is 2.42. The first-order valence-corrected chi connectivity index (χ1v) is 8.11. The van der Waals surface area contributed by atoms with Gasteiger partial charge in [-0.1, -0.05) is 29.8 Å². The van der Waals surface area contributed by atoms with Crippen molar-refractivity contribution in [2.75, 3.05) is 6.61 Å². The fraction of sp³-hybridized carbons (Fsp3) is 0.625. The molecule has 1 fully saturated rings. The van der Waals surface area contributed by atoms with Crippen molar-refractivity contribution < 1.29 is 9.47 Å². The minimum atomic E-state index is 0.290. The number of hydrogen-bond acceptors (Lipinski definition) is 2. The van der Waals surface area contributed by atoms with E-state index in [1.165, 1.54) is 0 Å². The van der Waals surface area contributed by atoms with Gasteiger partial charge in [0.25, 0.3) is 0 Å². The van der Waals surface area contributed by atoms with Crippen molar-refractivity contribution in [3.8, 4) is 11.5 Å². The van der Waals surface area contributed by atoms with Crippen molar-refractivity contribution in [3.63, 3.8) is 0 Å². The summed E-state index contributed by atoms with van der Waals surface area (Å²) in [7, 11) is 0. The van der Waals surface area contributed by atoms with Gasteiger partial charge < -0.3 is 9.47 Å². The summed E-state index contributed by atoms with van der Waals surface area (Å²) in [5.74, 6) is 1.85. The highest BCUT2D eigenvalue weighted by atomic mass is 79.9. The third kappa shape index (κ3) is 2.76. The first-order chi connectivity index (χ1) is 9.16. The van der Waals surface area contributed by atoms with E-state index in [-0.39, 0.29) is 0 Å². The second-order valence-electron chi connectivity index (χ2n) is 5.15. The summed E-state index contributed by atoms with van der Waals surface area (Å²) in [5, 5.41) is 0. The van der Waals surface area contributed by atoms with E-state index in [0.29, 0.717) is 23.0 Å². The molecule has 19 heavy (non-hydrogen) atoms. The maximum Gasteiger partial charge on any atom is 0.120 e. The molecule has 0 radical (unpaired) electrons. The van der Waals surface area contributed by atoms with Crippen LogP contribution in [0.1, 0.15) is 40.0 Å². The molecule has 2 unspecified atom stereocenters. The molecule has 2 atom stereocenters. The molecule has 0 aliphatic heterocycles. The second kappa shape index (κ2) is 6.17. The quantitative estimate of drug-likeness (QED) is 0.698. The third-order valence-electron chi connectivity index (χ3n) is 4.42. The first kappa shape index (κ1) is 14.7. The van der Waals surface area contributed by atoms with E-state index in [2.05, 4.69) is 29.8 Å². The Kier molecular flexibility index (Phi) is 4.77. The zero-order valence-electron chi connectivity index (χ0n) is 12.0. The van der Waals surface area contributed by atoms with Gasteiger partial charge in [0, 0.05) is 10.2 Å². The minimum Gasteiger partial charge on any atom is -0.494 e. The van der Waals surface area contributed by atoms with Gasteiger partial charge in [0.15, 0.2) is 0 Å². The molecule has 0 spiro atoms. The number of halogens is 1. The molecule has 0 heterocycles. The summed E-state index contributed by atoms with van der Waals surface area (Å²) in [6.07, 6.45) is 3.72. The molecule has 1 aliphatic rings. The highest BCUT2D eigenvalue weighted by Gasteiger charge is 2.53. The van der Waals surface area contributed by atoms with E-state index < -0.39 is 0 Å². The van der Waals surface area contributed by atoms with Crippen LogP contribution in [0.5, 0.6) is 11.5 Å². The van der Waals surface area contributed by atoms with Crippen LogP contribution >= 0.6 is 15.9 Å². The molecule has 0 amide bonds. The van der Waals surface area contributed by atoms with E-state index >= 15 is 0 Å². The molecule has 3 heteroatoms. The monoisotopic (exact) mass is 326 g/mol. The summed E-state index contributed by atoms with van der Waals surface area (Å²) < 4.78 is 11.6. The minimum absolute atomic E-state index is 0.290. The van der Waals surface area contributed by atoms with Gasteiger partial charge in [0.1, 0.15) is 17.6 Å². The van der Waals surface area contributed by atoms with Gasteiger partial charge in [-0.2, -0.15) is 0 Å². The number of ether oxygens (including phenoxy) is 2. The maximum atomic E-state index is 6.17. The van der Waals surface area contributed by atoms with Crippen LogP contribution in [0.25, 0.3) is 0 Å². The Morgan fingerprint density at radius 2 is 1.68 bits per heavy atom. The molecular weight excluding hydrogens is 304 g/mol. The largest absolute Gasteiger partial charge is 0.494 e. The summed E-state index contributed by atoms with van der Waals surface area (Å²) in [6, 6.07) is 7.95. The molecule has 0 N–H and O–H groups in total. The van der Waals surface area contributed by atoms with Crippen molar-refractivity contribution in [1.82, 2.24) is 0 Å². The first-order valence-electron chi connectivity index (χ1n) is 7.19. The fourth-order valence-corrected chi connectivity index (χ4v) is 4.24. The van der Waals surface area contributed by atoms with Crippen molar-refractivity contribution >= 4 is 15.9 Å². The lowest BCUT2D eigenvalue weighted by Crippen LogP contribution is -2.56. The molecule has 1 aliphatic carbocycles. The van der Waals surface area contributed by atoms with Crippen molar-refractivity contribution in [1.29, 1.82) is 0 Å². The zero-order valence-corrected chi connectivity index (χ0v) is 13.6. The Hall–Kier alpha value is -0.700. The van der Waals surface area contributed by atoms with E-state index in [1.807, 2.05) is 31.2 Å². The van der Waals surface area contributed by atoms with Crippen LogP contribution in [0.3, 0.4) is 0 Å². The standard InChI is InChI=1S/C16H23BrO2/c1-4-16(5-2)14(17)11-15(16)19-13-9-7-12(8-10-13)18-6-3/h7-10,14-15H,4-6,11H2,1-3H3.